The SMILES string of the molecule is [2H]c1c([2H])c([2H])c(-c2cc(F)c(N(c3c([2H])c([2H])c([2H])c([2H])c3[2H])c3ccc4ccc5c(N(c6c([2H])c([2H])c([2H])c([2H])c6[2H])c6c(-c7c([2H])c([2H])c([2H])c([2H])c7[2H])cc(-c7c([2H])c([2H])c([2H])c([2H])c7[2H])c([2H])c6F)ccc6ccc3c4c65)c(-c3c([2H])c([2H])c([2H])c([2H])c3[2H])c2)c([2H])c1[2H]. The minimum absolute atomic E-state index is 0.0487. The second-order valence-corrected chi connectivity index (χ2v) is 14.8. The van der Waals surface area contributed by atoms with Crippen LogP contribution in [0.4, 0.5) is 42.9 Å². The Morgan fingerprint density at radius 1 is 0.324 bits per heavy atom. The molecule has 68 heavy (non-hydrogen) atoms. The summed E-state index contributed by atoms with van der Waals surface area (Å²) in [5, 5.41) is 0.574. The topological polar surface area (TPSA) is 6.48 Å². The maximum atomic E-state index is 18.9. The summed E-state index contributed by atoms with van der Waals surface area (Å²) in [7, 11) is 0. The number of halogens is 2. The van der Waals surface area contributed by atoms with E-state index in [1.165, 1.54) is 48.5 Å². The van der Waals surface area contributed by atoms with Crippen molar-refractivity contribution in [2.45, 2.75) is 0 Å². The normalized spacial score (nSPS) is 17.8. The molecular weight excluding hydrogens is 835 g/mol. The number of rotatable bonds is 10. The van der Waals surface area contributed by atoms with Crippen LogP contribution in [0.3, 0.4) is 0 Å². The molecule has 0 saturated carbocycles. The zero-order valence-electron chi connectivity index (χ0n) is 65.5. The number of hydrogen-bond acceptors (Lipinski definition) is 2. The lowest BCUT2D eigenvalue weighted by atomic mass is 9.90. The van der Waals surface area contributed by atoms with Gasteiger partial charge in [0.15, 0.2) is 0 Å². The molecule has 4 heteroatoms. The molecule has 0 saturated heterocycles. The Morgan fingerprint density at radius 3 is 1.12 bits per heavy atom. The number of hydrogen-bond donors (Lipinski definition) is 0. The van der Waals surface area contributed by atoms with E-state index < -0.39 is 266 Å². The highest BCUT2D eigenvalue weighted by atomic mass is 19.1. The second kappa shape index (κ2) is 17.2. The van der Waals surface area contributed by atoms with Crippen LogP contribution in [0.5, 0.6) is 0 Å². The third-order valence-electron chi connectivity index (χ3n) is 11.1. The molecule has 12 aromatic rings. The molecule has 12 aromatic carbocycles. The summed E-state index contributed by atoms with van der Waals surface area (Å²) in [5.74, 6) is -3.27. The zero-order chi connectivity index (χ0) is 72.5. The first kappa shape index (κ1) is 19.5. The second-order valence-electron chi connectivity index (χ2n) is 14.8. The molecule has 0 bridgehead atoms. The molecule has 322 valence electrons. The van der Waals surface area contributed by atoms with E-state index in [1.54, 1.807) is 0 Å². The average Bonchev–Trinajstić information content (AvgIpc) is 0.708. The van der Waals surface area contributed by atoms with E-state index in [9.17, 15) is 12.3 Å². The number of benzene rings is 12. The van der Waals surface area contributed by atoms with Crippen molar-refractivity contribution in [2.24, 2.45) is 0 Å². The van der Waals surface area contributed by atoms with Crippen LogP contribution in [0.2, 0.25) is 0 Å². The molecule has 2 nitrogen and oxygen atoms in total. The van der Waals surface area contributed by atoms with Gasteiger partial charge in [0.05, 0.1) is 65.2 Å². The van der Waals surface area contributed by atoms with Gasteiger partial charge in [-0.2, -0.15) is 0 Å². The van der Waals surface area contributed by atoms with Crippen molar-refractivity contribution >= 4 is 66.4 Å². The van der Waals surface area contributed by atoms with Gasteiger partial charge < -0.3 is 9.80 Å². The average molecular weight is 908 g/mol. The molecule has 0 aromatic heterocycles. The van der Waals surface area contributed by atoms with E-state index in [0.717, 1.165) is 21.9 Å². The first-order valence-electron chi connectivity index (χ1n) is 35.8. The number of nitrogens with zero attached hydrogens (tertiary/aromatic N) is 2. The van der Waals surface area contributed by atoms with E-state index in [-0.39, 0.29) is 43.7 Å². The Labute approximate surface area is 437 Å². The summed E-state index contributed by atoms with van der Waals surface area (Å²) < 4.78 is 313. The van der Waals surface area contributed by atoms with Gasteiger partial charge in [0.25, 0.3) is 0 Å². The minimum Gasteiger partial charge on any atom is -0.307 e. The summed E-state index contributed by atoms with van der Waals surface area (Å²) in [6.45, 7) is 0. The van der Waals surface area contributed by atoms with E-state index in [0.29, 0.717) is 6.07 Å². The van der Waals surface area contributed by atoms with Crippen molar-refractivity contribution in [1.29, 1.82) is 0 Å². The van der Waals surface area contributed by atoms with Crippen molar-refractivity contribution < 1.29 is 51.3 Å². The Hall–Kier alpha value is -8.86. The van der Waals surface area contributed by atoms with Gasteiger partial charge in [-0.15, -0.1) is 0 Å². The highest BCUT2D eigenvalue weighted by Crippen LogP contribution is 2.51. The van der Waals surface area contributed by atoms with Crippen LogP contribution in [-0.4, -0.2) is 0 Å². The van der Waals surface area contributed by atoms with Crippen molar-refractivity contribution in [3.63, 3.8) is 0 Å². The largest absolute Gasteiger partial charge is 0.307 e. The van der Waals surface area contributed by atoms with Gasteiger partial charge in [-0.3, -0.25) is 0 Å². The first-order chi connectivity index (χ1) is 46.4. The van der Waals surface area contributed by atoms with Crippen molar-refractivity contribution in [1.82, 2.24) is 0 Å². The maximum Gasteiger partial charge on any atom is 0.148 e. The third-order valence-corrected chi connectivity index (χ3v) is 11.1. The highest BCUT2D eigenvalue weighted by molar-refractivity contribution is 6.28. The fraction of sp³-hybridized carbons (Fsp3) is 0. The predicted octanol–water partition coefficient (Wildman–Crippen LogP) is 18.5. The first-order valence-corrected chi connectivity index (χ1v) is 20.3. The van der Waals surface area contributed by atoms with Gasteiger partial charge in [0.2, 0.25) is 0 Å². The molecule has 0 aliphatic heterocycles. The molecule has 12 rings (SSSR count). The Kier molecular flexibility index (Phi) is 4.94. The quantitative estimate of drug-likeness (QED) is 0.126. The number of anilines is 6. The van der Waals surface area contributed by atoms with Gasteiger partial charge in [0.1, 0.15) is 11.6 Å². The van der Waals surface area contributed by atoms with Gasteiger partial charge in [-0.25, -0.2) is 8.78 Å². The van der Waals surface area contributed by atoms with E-state index in [4.69, 9.17) is 30.2 Å². The molecule has 0 aliphatic carbocycles. The van der Waals surface area contributed by atoms with Crippen LogP contribution >= 0.6 is 0 Å². The van der Waals surface area contributed by atoms with Crippen LogP contribution in [0.25, 0.3) is 76.8 Å². The third kappa shape index (κ3) is 7.11. The highest BCUT2D eigenvalue weighted by Gasteiger charge is 2.28. The molecule has 0 radical (unpaired) electrons. The van der Waals surface area contributed by atoms with Crippen LogP contribution in [0.1, 0.15) is 42.5 Å². The molecule has 0 atom stereocenters. The van der Waals surface area contributed by atoms with Gasteiger partial charge in [0, 0.05) is 33.3 Å². The fourth-order valence-electron chi connectivity index (χ4n) is 8.37. The lowest BCUT2D eigenvalue weighted by Crippen LogP contribution is -2.14. The molecule has 0 aliphatic rings. The van der Waals surface area contributed by atoms with E-state index >= 15 is 8.78 Å². The summed E-state index contributed by atoms with van der Waals surface area (Å²) in [5.41, 5.74) is -10.3. The Bertz CT molecular complexity index is 5470. The van der Waals surface area contributed by atoms with Crippen LogP contribution in [0, 0.1) is 11.6 Å². The van der Waals surface area contributed by atoms with E-state index in [1.807, 2.05) is 0 Å². The summed E-state index contributed by atoms with van der Waals surface area (Å²) in [6.07, 6.45) is 0. The zero-order valence-corrected chi connectivity index (χ0v) is 34.5. The number of para-hydroxylation sites is 2. The summed E-state index contributed by atoms with van der Waals surface area (Å²) in [4.78, 5) is 1.55. The molecule has 0 heterocycles. The predicted molar refractivity (Wildman–Crippen MR) is 281 cm³/mol. The van der Waals surface area contributed by atoms with E-state index in [2.05, 4.69) is 0 Å². The minimum atomic E-state index is -1.77. The Morgan fingerprint density at radius 2 is 0.676 bits per heavy atom. The fourth-order valence-corrected chi connectivity index (χ4v) is 8.37. The molecule has 0 unspecified atom stereocenters. The lowest BCUT2D eigenvalue weighted by Gasteiger charge is -2.31. The Balaban J connectivity index is 1.26. The summed E-state index contributed by atoms with van der Waals surface area (Å²) in [6, 6.07) is -16.6. The van der Waals surface area contributed by atoms with Gasteiger partial charge in [-0.05, 0) is 115 Å². The maximum absolute atomic E-state index is 18.9. The van der Waals surface area contributed by atoms with Crippen molar-refractivity contribution in [3.05, 3.63) is 266 Å². The smallest absolute Gasteiger partial charge is 0.148 e. The van der Waals surface area contributed by atoms with Crippen LogP contribution in [-0.2, 0) is 0 Å². The van der Waals surface area contributed by atoms with Crippen LogP contribution in [0.15, 0.2) is 254 Å². The molecule has 0 N–H and O–H groups in total. The monoisotopic (exact) mass is 908 g/mol. The molecule has 0 spiro atoms. The molecule has 0 fully saturated rings. The lowest BCUT2D eigenvalue weighted by molar-refractivity contribution is 0.629. The van der Waals surface area contributed by atoms with Crippen molar-refractivity contribution in [2.75, 3.05) is 9.80 Å². The molecule has 0 amide bonds. The van der Waals surface area contributed by atoms with Crippen molar-refractivity contribution in [3.8, 4) is 44.5 Å². The van der Waals surface area contributed by atoms with Gasteiger partial charge >= 0.3 is 0 Å². The summed E-state index contributed by atoms with van der Waals surface area (Å²) >= 11 is 0. The van der Waals surface area contributed by atoms with Crippen LogP contribution < -0.4 is 9.80 Å². The molecular formula is C64H42F2N2. The van der Waals surface area contributed by atoms with Gasteiger partial charge in [-0.1, -0.05) is 194 Å². The standard InChI is InChI=1S/C64H42F2N2/c65-57-41-49(43-19-7-1-8-20-43)39-55(45-23-11-3-12-24-45)63(57)67(51-27-15-5-16-28-51)59-37-33-47-32-36-54-60(38-34-48-31-35-53(59)61(47)62(48)54)68(52-29-17-6-18-30-52)64-56(46-25-13-4-14-26-46)40-50(42-58(64)66)44-21-9-2-10-22-44/h1-42H/i1D,2D,3D,4D,5D,6D,7D,8D,9D,10D,11D,12D,13D,14D,15D,16D,17D,18D,19D,20D,21D,22D,23D,24D,25D,26D,27D,28D,29D,30D,41D.